The van der Waals surface area contributed by atoms with Gasteiger partial charge in [0.15, 0.2) is 0 Å². The van der Waals surface area contributed by atoms with Gasteiger partial charge in [-0.3, -0.25) is 9.59 Å². The first-order valence-electron chi connectivity index (χ1n) is 7.16. The Bertz CT molecular complexity index is 305. The van der Waals surface area contributed by atoms with Gasteiger partial charge in [0.05, 0.1) is 5.92 Å². The Morgan fingerprint density at radius 2 is 1.95 bits per heavy atom. The van der Waals surface area contributed by atoms with Gasteiger partial charge in [-0.25, -0.2) is 0 Å². The molecule has 1 fully saturated rings. The van der Waals surface area contributed by atoms with Gasteiger partial charge >= 0.3 is 5.97 Å². The average molecular weight is 270 g/mol. The molecule has 2 unspecified atom stereocenters. The van der Waals surface area contributed by atoms with E-state index in [1.807, 2.05) is 0 Å². The number of carboxylic acids is 1. The highest BCUT2D eigenvalue weighted by molar-refractivity contribution is 5.75. The normalized spacial score (nSPS) is 23.1. The Morgan fingerprint density at radius 1 is 1.26 bits per heavy atom. The highest BCUT2D eigenvalue weighted by Crippen LogP contribution is 2.29. The fourth-order valence-electron chi connectivity index (χ4n) is 2.65. The van der Waals surface area contributed by atoms with Crippen molar-refractivity contribution in [2.24, 2.45) is 11.8 Å². The van der Waals surface area contributed by atoms with Gasteiger partial charge in [-0.05, 0) is 38.3 Å². The van der Waals surface area contributed by atoms with Crippen molar-refractivity contribution in [2.45, 2.75) is 38.5 Å². The summed E-state index contributed by atoms with van der Waals surface area (Å²) in [5.74, 6) is -0.461. The van der Waals surface area contributed by atoms with Crippen molar-refractivity contribution in [2.75, 3.05) is 27.2 Å². The number of rotatable bonds is 7. The number of nitrogens with zero attached hydrogens (tertiary/aromatic N) is 1. The predicted molar refractivity (Wildman–Crippen MR) is 73.9 cm³/mol. The molecule has 5 nitrogen and oxygen atoms in total. The third kappa shape index (κ3) is 5.59. The van der Waals surface area contributed by atoms with Crippen LogP contribution < -0.4 is 5.32 Å². The van der Waals surface area contributed by atoms with Crippen molar-refractivity contribution in [3.05, 3.63) is 0 Å². The van der Waals surface area contributed by atoms with Crippen molar-refractivity contribution >= 4 is 11.9 Å². The lowest BCUT2D eigenvalue weighted by Crippen LogP contribution is -2.35. The van der Waals surface area contributed by atoms with E-state index in [4.69, 9.17) is 5.11 Å². The maximum atomic E-state index is 11.4. The smallest absolute Gasteiger partial charge is 0.306 e. The molecule has 1 amide bonds. The second-order valence-electron chi connectivity index (χ2n) is 5.59. The molecule has 2 N–H and O–H groups in total. The Balaban J connectivity index is 2.17. The predicted octanol–water partition coefficient (Wildman–Crippen LogP) is 1.34. The van der Waals surface area contributed by atoms with E-state index in [1.54, 1.807) is 19.0 Å². The first-order valence-corrected chi connectivity index (χ1v) is 7.16. The largest absolute Gasteiger partial charge is 0.481 e. The molecule has 1 saturated carbocycles. The summed E-state index contributed by atoms with van der Waals surface area (Å²) in [6.07, 6.45) is 5.33. The average Bonchev–Trinajstić information content (AvgIpc) is 2.38. The summed E-state index contributed by atoms with van der Waals surface area (Å²) in [4.78, 5) is 24.1. The lowest BCUT2D eigenvalue weighted by Gasteiger charge is -2.28. The molecule has 0 aliphatic heterocycles. The second kappa shape index (κ2) is 8.15. The van der Waals surface area contributed by atoms with Crippen LogP contribution in [0.2, 0.25) is 0 Å². The molecule has 0 heterocycles. The molecular formula is C14H26N2O3. The Hall–Kier alpha value is -1.10. The Morgan fingerprint density at radius 3 is 2.58 bits per heavy atom. The van der Waals surface area contributed by atoms with Crippen LogP contribution in [0.3, 0.4) is 0 Å². The van der Waals surface area contributed by atoms with Gasteiger partial charge < -0.3 is 15.3 Å². The molecule has 1 rings (SSSR count). The lowest BCUT2D eigenvalue weighted by molar-refractivity contribution is -0.144. The molecule has 1 aliphatic carbocycles. The van der Waals surface area contributed by atoms with Gasteiger partial charge in [0.1, 0.15) is 0 Å². The van der Waals surface area contributed by atoms with Crippen LogP contribution in [0.25, 0.3) is 0 Å². The molecule has 0 aromatic heterocycles. The van der Waals surface area contributed by atoms with Crippen LogP contribution in [0.15, 0.2) is 0 Å². The van der Waals surface area contributed by atoms with Crippen LogP contribution in [-0.4, -0.2) is 49.1 Å². The van der Waals surface area contributed by atoms with E-state index in [0.717, 1.165) is 45.2 Å². The molecule has 0 saturated heterocycles. The molecule has 2 atom stereocenters. The van der Waals surface area contributed by atoms with E-state index in [0.29, 0.717) is 6.42 Å². The summed E-state index contributed by atoms with van der Waals surface area (Å²) >= 11 is 0. The molecular weight excluding hydrogens is 244 g/mol. The first kappa shape index (κ1) is 16.0. The van der Waals surface area contributed by atoms with Crippen LogP contribution in [0, 0.1) is 11.8 Å². The number of aliphatic carboxylic acids is 1. The third-order valence-corrected chi connectivity index (χ3v) is 3.88. The quantitative estimate of drug-likeness (QED) is 0.685. The fraction of sp³-hybridized carbons (Fsp3) is 0.857. The summed E-state index contributed by atoms with van der Waals surface area (Å²) in [6, 6.07) is 0. The molecule has 1 aliphatic rings. The summed E-state index contributed by atoms with van der Waals surface area (Å²) in [5.41, 5.74) is 0. The highest BCUT2D eigenvalue weighted by Gasteiger charge is 2.30. The number of carbonyl (C=O) groups excluding carboxylic acids is 1. The molecule has 0 bridgehead atoms. The summed E-state index contributed by atoms with van der Waals surface area (Å²) < 4.78 is 0. The van der Waals surface area contributed by atoms with E-state index >= 15 is 0 Å². The van der Waals surface area contributed by atoms with Crippen molar-refractivity contribution < 1.29 is 14.7 Å². The van der Waals surface area contributed by atoms with E-state index in [-0.39, 0.29) is 17.7 Å². The summed E-state index contributed by atoms with van der Waals surface area (Å²) in [6.45, 7) is 1.54. The second-order valence-corrected chi connectivity index (χ2v) is 5.59. The van der Waals surface area contributed by atoms with Crippen LogP contribution in [-0.2, 0) is 9.59 Å². The number of hydrogen-bond donors (Lipinski definition) is 2. The zero-order valence-corrected chi connectivity index (χ0v) is 12.0. The van der Waals surface area contributed by atoms with Gasteiger partial charge in [0.2, 0.25) is 5.91 Å². The van der Waals surface area contributed by atoms with Gasteiger partial charge in [-0.15, -0.1) is 0 Å². The van der Waals surface area contributed by atoms with Crippen molar-refractivity contribution in [3.63, 3.8) is 0 Å². The molecule has 0 radical (unpaired) electrons. The van der Waals surface area contributed by atoms with Gasteiger partial charge in [0, 0.05) is 20.5 Å². The number of nitrogens with one attached hydrogen (secondary N) is 1. The van der Waals surface area contributed by atoms with Crippen molar-refractivity contribution in [3.8, 4) is 0 Å². The van der Waals surface area contributed by atoms with E-state index in [2.05, 4.69) is 5.32 Å². The lowest BCUT2D eigenvalue weighted by atomic mass is 9.79. The van der Waals surface area contributed by atoms with E-state index in [9.17, 15) is 9.59 Å². The number of carbonyl (C=O) groups is 2. The Kier molecular flexibility index (Phi) is 6.84. The fourth-order valence-corrected chi connectivity index (χ4v) is 2.65. The van der Waals surface area contributed by atoms with E-state index < -0.39 is 5.97 Å². The topological polar surface area (TPSA) is 69.6 Å². The van der Waals surface area contributed by atoms with Crippen LogP contribution >= 0.6 is 0 Å². The minimum absolute atomic E-state index is 0.142. The van der Waals surface area contributed by atoms with Crippen LogP contribution in [0.1, 0.15) is 38.5 Å². The van der Waals surface area contributed by atoms with E-state index in [1.165, 1.54) is 0 Å². The van der Waals surface area contributed by atoms with Crippen molar-refractivity contribution in [1.82, 2.24) is 10.2 Å². The van der Waals surface area contributed by atoms with Gasteiger partial charge in [-0.1, -0.05) is 12.8 Å². The minimum Gasteiger partial charge on any atom is -0.481 e. The minimum atomic E-state index is -0.658. The molecule has 5 heteroatoms. The van der Waals surface area contributed by atoms with Crippen LogP contribution in [0.4, 0.5) is 0 Å². The van der Waals surface area contributed by atoms with Crippen LogP contribution in [0.5, 0.6) is 0 Å². The first-order chi connectivity index (χ1) is 9.02. The Labute approximate surface area is 115 Å². The number of hydrogen-bond acceptors (Lipinski definition) is 3. The molecule has 110 valence electrons. The molecule has 0 aromatic carbocycles. The number of carboxylic acid groups (broad SMARTS) is 1. The standard InChI is InChI=1S/C14H26N2O3/c1-16(2)13(17)8-5-9-15-10-11-6-3-4-7-12(11)14(18)19/h11-12,15H,3-10H2,1-2H3,(H,18,19). The highest BCUT2D eigenvalue weighted by atomic mass is 16.4. The zero-order chi connectivity index (χ0) is 14.3. The van der Waals surface area contributed by atoms with Gasteiger partial charge in [-0.2, -0.15) is 0 Å². The summed E-state index contributed by atoms with van der Waals surface area (Å²) in [7, 11) is 3.52. The summed E-state index contributed by atoms with van der Waals surface area (Å²) in [5, 5.41) is 12.5. The molecule has 19 heavy (non-hydrogen) atoms. The zero-order valence-electron chi connectivity index (χ0n) is 12.0. The molecule has 0 spiro atoms. The number of amides is 1. The van der Waals surface area contributed by atoms with Crippen molar-refractivity contribution in [1.29, 1.82) is 0 Å². The SMILES string of the molecule is CN(C)C(=O)CCCNCC1CCCCC1C(=O)O. The van der Waals surface area contributed by atoms with Gasteiger partial charge in [0.25, 0.3) is 0 Å². The molecule has 0 aromatic rings. The maximum absolute atomic E-state index is 11.4. The maximum Gasteiger partial charge on any atom is 0.306 e. The monoisotopic (exact) mass is 270 g/mol. The third-order valence-electron chi connectivity index (χ3n) is 3.88.